The molecule has 1 aromatic carbocycles. The number of carbonyl (C=O) groups excluding carboxylic acids is 1. The first-order chi connectivity index (χ1) is 8.18. The highest BCUT2D eigenvalue weighted by Crippen LogP contribution is 2.32. The van der Waals surface area contributed by atoms with Crippen LogP contribution >= 0.6 is 11.6 Å². The number of ketones is 1. The van der Waals surface area contributed by atoms with Crippen LogP contribution in [-0.2, 0) is 12.8 Å². The van der Waals surface area contributed by atoms with Crippen LogP contribution in [0.4, 0.5) is 0 Å². The third kappa shape index (κ3) is 1.55. The second kappa shape index (κ2) is 3.81. The number of aryl methyl sites for hydroxylation is 1. The molecule has 0 bridgehead atoms. The number of nitrogens with zero attached hydrogens (tertiary/aromatic N) is 1. The van der Waals surface area contributed by atoms with Gasteiger partial charge in [-0.3, -0.25) is 9.78 Å². The summed E-state index contributed by atoms with van der Waals surface area (Å²) in [6.45, 7) is 1.62. The summed E-state index contributed by atoms with van der Waals surface area (Å²) in [5.41, 5.74) is 3.77. The van der Waals surface area contributed by atoms with Gasteiger partial charge in [-0.2, -0.15) is 0 Å². The molecule has 0 amide bonds. The van der Waals surface area contributed by atoms with Gasteiger partial charge in [0.25, 0.3) is 0 Å². The van der Waals surface area contributed by atoms with Gasteiger partial charge in [-0.15, -0.1) is 0 Å². The predicted octanol–water partition coefficient (Wildman–Crippen LogP) is 3.58. The molecule has 1 aliphatic carbocycles. The van der Waals surface area contributed by atoms with E-state index in [-0.39, 0.29) is 5.78 Å². The third-order valence-electron chi connectivity index (χ3n) is 3.35. The Morgan fingerprint density at radius 3 is 2.94 bits per heavy atom. The summed E-state index contributed by atoms with van der Waals surface area (Å²) in [6, 6.07) is 5.63. The van der Waals surface area contributed by atoms with Crippen molar-refractivity contribution in [1.29, 1.82) is 0 Å². The molecule has 1 aromatic heterocycles. The normalized spacial score (nSPS) is 14.0. The molecular weight excluding hydrogens is 234 g/mol. The van der Waals surface area contributed by atoms with Gasteiger partial charge < -0.3 is 0 Å². The largest absolute Gasteiger partial charge is 0.294 e. The number of rotatable bonds is 1. The van der Waals surface area contributed by atoms with Gasteiger partial charge in [-0.25, -0.2) is 0 Å². The lowest BCUT2D eigenvalue weighted by atomic mass is 9.98. The summed E-state index contributed by atoms with van der Waals surface area (Å²) in [6.07, 6.45) is 2.99. The highest BCUT2D eigenvalue weighted by molar-refractivity contribution is 6.35. The summed E-state index contributed by atoms with van der Waals surface area (Å²) < 4.78 is 0. The molecule has 0 radical (unpaired) electrons. The molecular formula is C14H12ClNO. The molecule has 0 fully saturated rings. The molecule has 0 spiro atoms. The fraction of sp³-hybridized carbons (Fsp3) is 0.286. The maximum atomic E-state index is 11.9. The minimum Gasteiger partial charge on any atom is -0.294 e. The minimum absolute atomic E-state index is 0.109. The molecule has 17 heavy (non-hydrogen) atoms. The molecule has 0 N–H and O–H groups in total. The molecule has 0 saturated heterocycles. The van der Waals surface area contributed by atoms with E-state index >= 15 is 0 Å². The Balaban J connectivity index is 2.49. The lowest BCUT2D eigenvalue weighted by Gasteiger charge is -2.10. The number of fused-ring (bicyclic) bond motifs is 2. The predicted molar refractivity (Wildman–Crippen MR) is 68.8 cm³/mol. The quantitative estimate of drug-likeness (QED) is 0.719. The Kier molecular flexibility index (Phi) is 2.40. The monoisotopic (exact) mass is 245 g/mol. The summed E-state index contributed by atoms with van der Waals surface area (Å²) in [5.74, 6) is 0.109. The average molecular weight is 246 g/mol. The number of hydrogen-bond acceptors (Lipinski definition) is 2. The van der Waals surface area contributed by atoms with Crippen LogP contribution in [0.1, 0.15) is 35.0 Å². The van der Waals surface area contributed by atoms with Crippen LogP contribution in [0.2, 0.25) is 5.02 Å². The summed E-state index contributed by atoms with van der Waals surface area (Å²) in [5, 5.41) is 1.52. The SMILES string of the molecule is CC(=O)c1c2c(nc3c(Cl)cccc13)CCC2. The van der Waals surface area contributed by atoms with Crippen LogP contribution in [-0.4, -0.2) is 10.8 Å². The first-order valence-electron chi connectivity index (χ1n) is 5.79. The molecule has 0 atom stereocenters. The third-order valence-corrected chi connectivity index (χ3v) is 3.65. The number of carbonyl (C=O) groups is 1. The number of hydrogen-bond donors (Lipinski definition) is 0. The zero-order valence-electron chi connectivity index (χ0n) is 9.59. The van der Waals surface area contributed by atoms with Crippen LogP contribution in [0.25, 0.3) is 10.9 Å². The first kappa shape index (κ1) is 10.7. The van der Waals surface area contributed by atoms with Crippen LogP contribution < -0.4 is 0 Å². The summed E-state index contributed by atoms with van der Waals surface area (Å²) in [7, 11) is 0. The van der Waals surface area contributed by atoms with Crippen molar-refractivity contribution in [3.05, 3.63) is 40.0 Å². The molecule has 3 rings (SSSR count). The number of aromatic nitrogens is 1. The number of para-hydroxylation sites is 1. The number of halogens is 1. The summed E-state index contributed by atoms with van der Waals surface area (Å²) >= 11 is 6.16. The van der Waals surface area contributed by atoms with Crippen molar-refractivity contribution in [1.82, 2.24) is 4.98 Å². The van der Waals surface area contributed by atoms with E-state index in [4.69, 9.17) is 11.6 Å². The van der Waals surface area contributed by atoms with Crippen molar-refractivity contribution in [2.45, 2.75) is 26.2 Å². The van der Waals surface area contributed by atoms with E-state index in [0.29, 0.717) is 5.02 Å². The Labute approximate surface area is 105 Å². The van der Waals surface area contributed by atoms with Crippen molar-refractivity contribution >= 4 is 28.3 Å². The van der Waals surface area contributed by atoms with Gasteiger partial charge in [-0.1, -0.05) is 23.7 Å². The molecule has 1 heterocycles. The van der Waals surface area contributed by atoms with Gasteiger partial charge in [0.05, 0.1) is 10.5 Å². The van der Waals surface area contributed by atoms with Crippen molar-refractivity contribution in [3.63, 3.8) is 0 Å². The molecule has 1 aliphatic rings. The van der Waals surface area contributed by atoms with Crippen molar-refractivity contribution in [2.75, 3.05) is 0 Å². The molecule has 86 valence electrons. The van der Waals surface area contributed by atoms with Gasteiger partial charge in [0.15, 0.2) is 5.78 Å². The molecule has 0 saturated carbocycles. The van der Waals surface area contributed by atoms with Crippen LogP contribution in [0.5, 0.6) is 0 Å². The number of Topliss-reactive ketones (excluding diaryl/α,β-unsaturated/α-hetero) is 1. The fourth-order valence-corrected chi connectivity index (χ4v) is 2.87. The Morgan fingerprint density at radius 1 is 1.35 bits per heavy atom. The molecule has 2 aromatic rings. The van der Waals surface area contributed by atoms with E-state index in [1.54, 1.807) is 6.92 Å². The van der Waals surface area contributed by atoms with Crippen molar-refractivity contribution < 1.29 is 4.79 Å². The van der Waals surface area contributed by atoms with Gasteiger partial charge in [-0.05, 0) is 37.8 Å². The lowest BCUT2D eigenvalue weighted by molar-refractivity contribution is 0.101. The van der Waals surface area contributed by atoms with Gasteiger partial charge in [0, 0.05) is 16.6 Å². The highest BCUT2D eigenvalue weighted by Gasteiger charge is 2.22. The second-order valence-corrected chi connectivity index (χ2v) is 4.86. The topological polar surface area (TPSA) is 30.0 Å². The maximum Gasteiger partial charge on any atom is 0.160 e. The van der Waals surface area contributed by atoms with Gasteiger partial charge in [0.2, 0.25) is 0 Å². The molecule has 0 aliphatic heterocycles. The average Bonchev–Trinajstić information content (AvgIpc) is 2.74. The van der Waals surface area contributed by atoms with Crippen LogP contribution in [0.15, 0.2) is 18.2 Å². The summed E-state index contributed by atoms with van der Waals surface area (Å²) in [4.78, 5) is 16.5. The van der Waals surface area contributed by atoms with E-state index < -0.39 is 0 Å². The Bertz CT molecular complexity index is 634. The fourth-order valence-electron chi connectivity index (χ4n) is 2.65. The number of benzene rings is 1. The van der Waals surface area contributed by atoms with E-state index in [1.807, 2.05) is 18.2 Å². The zero-order chi connectivity index (χ0) is 12.0. The van der Waals surface area contributed by atoms with E-state index in [0.717, 1.165) is 47.0 Å². The molecule has 2 nitrogen and oxygen atoms in total. The first-order valence-corrected chi connectivity index (χ1v) is 6.17. The van der Waals surface area contributed by atoms with Gasteiger partial charge >= 0.3 is 0 Å². The number of pyridine rings is 1. The lowest BCUT2D eigenvalue weighted by Crippen LogP contribution is -2.03. The highest BCUT2D eigenvalue weighted by atomic mass is 35.5. The van der Waals surface area contributed by atoms with E-state index in [2.05, 4.69) is 4.98 Å². The molecule has 3 heteroatoms. The Morgan fingerprint density at radius 2 is 2.18 bits per heavy atom. The van der Waals surface area contributed by atoms with Crippen molar-refractivity contribution in [2.24, 2.45) is 0 Å². The van der Waals surface area contributed by atoms with E-state index in [1.165, 1.54) is 0 Å². The van der Waals surface area contributed by atoms with Crippen LogP contribution in [0.3, 0.4) is 0 Å². The molecule has 0 unspecified atom stereocenters. The zero-order valence-corrected chi connectivity index (χ0v) is 10.3. The second-order valence-electron chi connectivity index (χ2n) is 4.46. The Hall–Kier alpha value is -1.41. The minimum atomic E-state index is 0.109. The van der Waals surface area contributed by atoms with E-state index in [9.17, 15) is 4.79 Å². The van der Waals surface area contributed by atoms with Gasteiger partial charge in [0.1, 0.15) is 0 Å². The van der Waals surface area contributed by atoms with Crippen LogP contribution in [0, 0.1) is 0 Å². The standard InChI is InChI=1S/C14H12ClNO/c1-8(17)13-9-4-3-7-12(9)16-14-10(13)5-2-6-11(14)15/h2,5-6H,3-4,7H2,1H3. The smallest absolute Gasteiger partial charge is 0.160 e. The van der Waals surface area contributed by atoms with Crippen molar-refractivity contribution in [3.8, 4) is 0 Å². The maximum absolute atomic E-state index is 11.9.